The smallest absolute Gasteiger partial charge is 0.245 e. The number of methoxy groups -OCH3 is 1. The molecule has 1 aromatic heterocycles. The van der Waals surface area contributed by atoms with E-state index >= 15 is 0 Å². The number of ether oxygens (including phenoxy) is 1. The molecule has 1 aliphatic heterocycles. The zero-order chi connectivity index (χ0) is 14.7. The maximum atomic E-state index is 11.1. The summed E-state index contributed by atoms with van der Waals surface area (Å²) in [6.07, 6.45) is 0.534. The van der Waals surface area contributed by atoms with Gasteiger partial charge in [0, 0.05) is 18.5 Å². The summed E-state index contributed by atoms with van der Waals surface area (Å²) in [6.45, 7) is 0.712. The zero-order valence-corrected chi connectivity index (χ0v) is 11.6. The van der Waals surface area contributed by atoms with E-state index in [0.29, 0.717) is 24.7 Å². The van der Waals surface area contributed by atoms with Crippen molar-refractivity contribution >= 4 is 5.91 Å². The predicted molar refractivity (Wildman–Crippen MR) is 73.9 cm³/mol. The number of hydrogen-bond acceptors (Lipinski definition) is 6. The topological polar surface area (TPSA) is 89.3 Å². The van der Waals surface area contributed by atoms with E-state index < -0.39 is 0 Å². The summed E-state index contributed by atoms with van der Waals surface area (Å²) in [5.74, 6) is 1.85. The van der Waals surface area contributed by atoms with Crippen molar-refractivity contribution in [3.05, 3.63) is 41.5 Å². The third-order valence-electron chi connectivity index (χ3n) is 3.34. The minimum atomic E-state index is -0.137. The van der Waals surface area contributed by atoms with Crippen molar-refractivity contribution < 1.29 is 14.1 Å². The van der Waals surface area contributed by atoms with Gasteiger partial charge >= 0.3 is 0 Å². The second-order valence-electron chi connectivity index (χ2n) is 4.78. The first-order chi connectivity index (χ1) is 10.3. The molecule has 2 N–H and O–H groups in total. The number of rotatable bonds is 4. The molecule has 2 aromatic rings. The molecule has 0 radical (unpaired) electrons. The molecule has 1 fully saturated rings. The fourth-order valence-corrected chi connectivity index (χ4v) is 2.24. The number of para-hydroxylation sites is 1. The molecule has 1 atom stereocenters. The lowest BCUT2D eigenvalue weighted by Crippen LogP contribution is -2.47. The molecule has 0 bridgehead atoms. The van der Waals surface area contributed by atoms with Gasteiger partial charge in [0.2, 0.25) is 11.8 Å². The Hall–Kier alpha value is -2.41. The predicted octanol–water partition coefficient (Wildman–Crippen LogP) is 0.429. The summed E-state index contributed by atoms with van der Waals surface area (Å²) in [5, 5.41) is 9.80. The van der Waals surface area contributed by atoms with Crippen LogP contribution < -0.4 is 15.4 Å². The number of nitrogens with one attached hydrogen (secondary N) is 2. The Kier molecular flexibility index (Phi) is 3.83. The van der Waals surface area contributed by atoms with Crippen molar-refractivity contribution in [1.82, 2.24) is 20.8 Å². The van der Waals surface area contributed by atoms with Crippen LogP contribution in [0.4, 0.5) is 0 Å². The van der Waals surface area contributed by atoms with Crippen LogP contribution in [0.5, 0.6) is 5.75 Å². The minimum Gasteiger partial charge on any atom is -0.496 e. The molecule has 7 nitrogen and oxygen atoms in total. The van der Waals surface area contributed by atoms with Gasteiger partial charge in [0.25, 0.3) is 0 Å². The van der Waals surface area contributed by atoms with Crippen molar-refractivity contribution in [3.8, 4) is 5.75 Å². The monoisotopic (exact) mass is 288 g/mol. The van der Waals surface area contributed by atoms with E-state index in [0.717, 1.165) is 11.3 Å². The Morgan fingerprint density at radius 3 is 3.05 bits per heavy atom. The van der Waals surface area contributed by atoms with Gasteiger partial charge < -0.3 is 14.6 Å². The van der Waals surface area contributed by atoms with Crippen LogP contribution in [0.2, 0.25) is 0 Å². The molecule has 1 aromatic carbocycles. The summed E-state index contributed by atoms with van der Waals surface area (Å²) < 4.78 is 10.6. The lowest BCUT2D eigenvalue weighted by molar-refractivity contribution is -0.121. The second-order valence-corrected chi connectivity index (χ2v) is 4.78. The van der Waals surface area contributed by atoms with Crippen LogP contribution in [0.3, 0.4) is 0 Å². The molecule has 21 heavy (non-hydrogen) atoms. The van der Waals surface area contributed by atoms with E-state index in [-0.39, 0.29) is 18.5 Å². The van der Waals surface area contributed by atoms with Crippen LogP contribution in [0.1, 0.15) is 23.3 Å². The first-order valence-electron chi connectivity index (χ1n) is 6.70. The maximum absolute atomic E-state index is 11.1. The standard InChI is InChI=1S/C14H16N4O3/c1-20-11-5-3-2-4-9(11)6-12-17-14(21-18-12)10-7-16-13(19)8-15-10/h2-5,10,15H,6-8H2,1H3,(H,16,19). The first kappa shape index (κ1) is 13.6. The third-order valence-corrected chi connectivity index (χ3v) is 3.34. The molecule has 1 amide bonds. The highest BCUT2D eigenvalue weighted by molar-refractivity contribution is 5.78. The molecule has 3 rings (SSSR count). The summed E-state index contributed by atoms with van der Waals surface area (Å²) in [5.41, 5.74) is 0.997. The normalized spacial score (nSPS) is 18.3. The number of carbonyl (C=O) groups excluding carboxylic acids is 1. The Bertz CT molecular complexity index is 631. The molecule has 1 unspecified atom stereocenters. The third kappa shape index (κ3) is 3.03. The Labute approximate surface area is 121 Å². The number of nitrogens with zero attached hydrogens (tertiary/aromatic N) is 2. The Morgan fingerprint density at radius 2 is 2.29 bits per heavy atom. The summed E-state index contributed by atoms with van der Waals surface area (Å²) in [4.78, 5) is 15.5. The number of benzene rings is 1. The van der Waals surface area contributed by atoms with Crippen LogP contribution in [-0.2, 0) is 11.2 Å². The molecule has 2 heterocycles. The van der Waals surface area contributed by atoms with Crippen molar-refractivity contribution in [2.75, 3.05) is 20.2 Å². The average Bonchev–Trinajstić information content (AvgIpc) is 2.97. The van der Waals surface area contributed by atoms with E-state index in [9.17, 15) is 4.79 Å². The summed E-state index contributed by atoms with van der Waals surface area (Å²) >= 11 is 0. The molecule has 1 saturated heterocycles. The zero-order valence-electron chi connectivity index (χ0n) is 11.6. The number of hydrogen-bond donors (Lipinski definition) is 2. The number of amides is 1. The van der Waals surface area contributed by atoms with Crippen LogP contribution in [0.25, 0.3) is 0 Å². The van der Waals surface area contributed by atoms with Gasteiger partial charge in [-0.25, -0.2) is 0 Å². The van der Waals surface area contributed by atoms with Gasteiger partial charge in [-0.1, -0.05) is 23.4 Å². The van der Waals surface area contributed by atoms with Gasteiger partial charge in [-0.15, -0.1) is 0 Å². The molecular weight excluding hydrogens is 272 g/mol. The molecule has 0 aliphatic carbocycles. The SMILES string of the molecule is COc1ccccc1Cc1noc(C2CNC(=O)CN2)n1. The first-order valence-corrected chi connectivity index (χ1v) is 6.70. The molecule has 0 spiro atoms. The van der Waals surface area contributed by atoms with Crippen LogP contribution in [0.15, 0.2) is 28.8 Å². The summed E-state index contributed by atoms with van der Waals surface area (Å²) in [6, 6.07) is 7.58. The number of aromatic nitrogens is 2. The quantitative estimate of drug-likeness (QED) is 0.848. The minimum absolute atomic E-state index is 0.0278. The summed E-state index contributed by atoms with van der Waals surface area (Å²) in [7, 11) is 1.63. The van der Waals surface area contributed by atoms with E-state index in [2.05, 4.69) is 20.8 Å². The van der Waals surface area contributed by atoms with Crippen molar-refractivity contribution in [2.24, 2.45) is 0 Å². The Morgan fingerprint density at radius 1 is 1.43 bits per heavy atom. The van der Waals surface area contributed by atoms with Gasteiger partial charge in [-0.3, -0.25) is 10.1 Å². The molecule has 1 aliphatic rings. The highest BCUT2D eigenvalue weighted by atomic mass is 16.5. The highest BCUT2D eigenvalue weighted by Crippen LogP contribution is 2.20. The van der Waals surface area contributed by atoms with E-state index in [1.165, 1.54) is 0 Å². The van der Waals surface area contributed by atoms with Gasteiger partial charge in [-0.05, 0) is 6.07 Å². The van der Waals surface area contributed by atoms with Gasteiger partial charge in [0.05, 0.1) is 13.7 Å². The van der Waals surface area contributed by atoms with Crippen LogP contribution in [0, 0.1) is 0 Å². The van der Waals surface area contributed by atoms with Crippen LogP contribution in [-0.4, -0.2) is 36.2 Å². The van der Waals surface area contributed by atoms with Crippen molar-refractivity contribution in [3.63, 3.8) is 0 Å². The largest absolute Gasteiger partial charge is 0.496 e. The van der Waals surface area contributed by atoms with Gasteiger partial charge in [0.15, 0.2) is 5.82 Å². The lowest BCUT2D eigenvalue weighted by Gasteiger charge is -2.20. The van der Waals surface area contributed by atoms with Gasteiger partial charge in [-0.2, -0.15) is 4.98 Å². The fourth-order valence-electron chi connectivity index (χ4n) is 2.24. The molecule has 0 saturated carbocycles. The average molecular weight is 288 g/mol. The molecule has 110 valence electrons. The van der Waals surface area contributed by atoms with E-state index in [4.69, 9.17) is 9.26 Å². The number of carbonyl (C=O) groups is 1. The van der Waals surface area contributed by atoms with Crippen molar-refractivity contribution in [2.45, 2.75) is 12.5 Å². The molecule has 7 heteroatoms. The molecular formula is C14H16N4O3. The number of piperazine rings is 1. The highest BCUT2D eigenvalue weighted by Gasteiger charge is 2.24. The maximum Gasteiger partial charge on any atom is 0.245 e. The van der Waals surface area contributed by atoms with Crippen LogP contribution >= 0.6 is 0 Å². The van der Waals surface area contributed by atoms with E-state index in [1.54, 1.807) is 7.11 Å². The second kappa shape index (κ2) is 5.92. The van der Waals surface area contributed by atoms with Crippen molar-refractivity contribution in [1.29, 1.82) is 0 Å². The van der Waals surface area contributed by atoms with Gasteiger partial charge in [0.1, 0.15) is 11.8 Å². The lowest BCUT2D eigenvalue weighted by atomic mass is 10.1. The fraction of sp³-hybridized carbons (Fsp3) is 0.357. The van der Waals surface area contributed by atoms with E-state index in [1.807, 2.05) is 24.3 Å². The Balaban J connectivity index is 1.72.